The molecule has 0 radical (unpaired) electrons. The molecule has 2 atom stereocenters. The quantitative estimate of drug-likeness (QED) is 0.497. The van der Waals surface area contributed by atoms with E-state index >= 15 is 0 Å². The lowest BCUT2D eigenvalue weighted by atomic mass is 10.2. The second-order valence-electron chi connectivity index (χ2n) is 2.59. The average molecular weight is 200 g/mol. The summed E-state index contributed by atoms with van der Waals surface area (Å²) in [6.45, 7) is 0. The van der Waals surface area contributed by atoms with Gasteiger partial charge in [0, 0.05) is 5.69 Å². The van der Waals surface area contributed by atoms with E-state index in [2.05, 4.69) is 10.2 Å². The first-order valence-corrected chi connectivity index (χ1v) is 4.75. The van der Waals surface area contributed by atoms with Crippen molar-refractivity contribution in [2.24, 2.45) is 0 Å². The number of hydrogen-bond acceptors (Lipinski definition) is 3. The summed E-state index contributed by atoms with van der Waals surface area (Å²) >= 11 is -2.02. The Morgan fingerprint density at radius 1 is 1.46 bits per heavy atom. The van der Waals surface area contributed by atoms with Gasteiger partial charge in [-0.3, -0.25) is 14.1 Å². The Hall–Kier alpha value is -0.950. The number of rotatable bonds is 3. The summed E-state index contributed by atoms with van der Waals surface area (Å²) in [4.78, 5) is 4.84. The normalized spacial score (nSPS) is 22.4. The van der Waals surface area contributed by atoms with Crippen LogP contribution in [-0.2, 0) is 16.1 Å². The number of benzene rings is 1. The molecular weight excluding hydrogens is 192 g/mol. The Bertz CT molecular complexity index is 323. The van der Waals surface area contributed by atoms with Crippen LogP contribution < -0.4 is 10.2 Å². The fraction of sp³-hybridized carbons (Fsp3) is 0.143. The minimum absolute atomic E-state index is 0.0197. The third-order valence-electron chi connectivity index (χ3n) is 1.65. The Morgan fingerprint density at radius 3 is 2.54 bits per heavy atom. The van der Waals surface area contributed by atoms with Crippen LogP contribution in [0, 0.1) is 0 Å². The topological polar surface area (TPSA) is 83.8 Å². The van der Waals surface area contributed by atoms with Gasteiger partial charge in [-0.05, 0) is 17.7 Å². The molecular formula is C7H8N2O3S. The standard InChI is InChI=1S/C7H8N2O3S/c10-13(11)9-6-3-1-5(2-4-6)7-8-12-7/h1-4,7-9H,(H,10,11). The van der Waals surface area contributed by atoms with Gasteiger partial charge in [-0.25, -0.2) is 4.21 Å². The van der Waals surface area contributed by atoms with Crippen LogP contribution in [0.25, 0.3) is 0 Å². The maximum absolute atomic E-state index is 10.4. The van der Waals surface area contributed by atoms with E-state index in [4.69, 9.17) is 9.39 Å². The van der Waals surface area contributed by atoms with Crippen LogP contribution in [0.2, 0.25) is 0 Å². The summed E-state index contributed by atoms with van der Waals surface area (Å²) in [5.74, 6) is 0. The fourth-order valence-corrected chi connectivity index (χ4v) is 1.33. The van der Waals surface area contributed by atoms with Crippen LogP contribution in [0.5, 0.6) is 0 Å². The highest BCUT2D eigenvalue weighted by Crippen LogP contribution is 2.24. The van der Waals surface area contributed by atoms with Crippen molar-refractivity contribution in [3.63, 3.8) is 0 Å². The molecule has 1 aliphatic rings. The summed E-state index contributed by atoms with van der Waals surface area (Å²) in [7, 11) is 0. The zero-order valence-corrected chi connectivity index (χ0v) is 7.38. The first kappa shape index (κ1) is 8.64. The van der Waals surface area contributed by atoms with Crippen molar-refractivity contribution in [1.29, 1.82) is 0 Å². The summed E-state index contributed by atoms with van der Waals surface area (Å²) in [5, 5.41) is 0. The van der Waals surface area contributed by atoms with Gasteiger partial charge in [0.1, 0.15) is 0 Å². The van der Waals surface area contributed by atoms with Crippen molar-refractivity contribution in [3.8, 4) is 0 Å². The molecule has 0 spiro atoms. The maximum atomic E-state index is 10.4. The number of hydrogen-bond donors (Lipinski definition) is 3. The highest BCUT2D eigenvalue weighted by Gasteiger charge is 2.23. The molecule has 1 aromatic carbocycles. The number of anilines is 1. The molecule has 5 nitrogen and oxygen atoms in total. The predicted molar refractivity (Wildman–Crippen MR) is 47.8 cm³/mol. The van der Waals surface area contributed by atoms with E-state index in [1.165, 1.54) is 0 Å². The first-order valence-electron chi connectivity index (χ1n) is 3.64. The van der Waals surface area contributed by atoms with Crippen molar-refractivity contribution in [1.82, 2.24) is 5.48 Å². The third-order valence-corrected chi connectivity index (χ3v) is 2.06. The molecule has 0 aromatic heterocycles. The minimum atomic E-state index is -2.02. The van der Waals surface area contributed by atoms with E-state index in [0.29, 0.717) is 5.69 Å². The Morgan fingerprint density at radius 2 is 2.08 bits per heavy atom. The fourth-order valence-electron chi connectivity index (χ4n) is 0.997. The molecule has 70 valence electrons. The minimum Gasteiger partial charge on any atom is -0.289 e. The van der Waals surface area contributed by atoms with Crippen molar-refractivity contribution in [2.45, 2.75) is 6.23 Å². The van der Waals surface area contributed by atoms with E-state index in [1.807, 2.05) is 12.1 Å². The molecule has 13 heavy (non-hydrogen) atoms. The van der Waals surface area contributed by atoms with Gasteiger partial charge in [0.15, 0.2) is 6.23 Å². The van der Waals surface area contributed by atoms with Crippen LogP contribution in [0.1, 0.15) is 11.8 Å². The number of hydroxylamine groups is 1. The molecule has 1 aliphatic heterocycles. The van der Waals surface area contributed by atoms with Gasteiger partial charge in [-0.1, -0.05) is 12.1 Å². The van der Waals surface area contributed by atoms with Crippen LogP contribution in [0.3, 0.4) is 0 Å². The van der Waals surface area contributed by atoms with Crippen molar-refractivity contribution in [3.05, 3.63) is 29.8 Å². The molecule has 1 saturated heterocycles. The van der Waals surface area contributed by atoms with Crippen LogP contribution in [-0.4, -0.2) is 8.76 Å². The predicted octanol–water partition coefficient (Wildman–Crippen LogP) is 0.769. The second-order valence-corrected chi connectivity index (χ2v) is 3.29. The van der Waals surface area contributed by atoms with Crippen molar-refractivity contribution >= 4 is 17.0 Å². The maximum Gasteiger partial charge on any atom is 0.259 e. The molecule has 2 unspecified atom stereocenters. The SMILES string of the molecule is O=S(O)Nc1ccc(C2NO2)cc1. The van der Waals surface area contributed by atoms with Gasteiger partial charge in [-0.2, -0.15) is 5.48 Å². The lowest BCUT2D eigenvalue weighted by Crippen LogP contribution is -2.01. The molecule has 3 N–H and O–H groups in total. The van der Waals surface area contributed by atoms with E-state index < -0.39 is 11.3 Å². The Balaban J connectivity index is 2.08. The van der Waals surface area contributed by atoms with Crippen LogP contribution in [0.4, 0.5) is 5.69 Å². The Labute approximate surface area is 77.5 Å². The average Bonchev–Trinajstić information content (AvgIpc) is 2.87. The molecule has 0 aliphatic carbocycles. The Kier molecular flexibility index (Phi) is 2.28. The highest BCUT2D eigenvalue weighted by molar-refractivity contribution is 7.80. The van der Waals surface area contributed by atoms with Gasteiger partial charge in [0.05, 0.1) is 0 Å². The van der Waals surface area contributed by atoms with Crippen LogP contribution in [0.15, 0.2) is 24.3 Å². The van der Waals surface area contributed by atoms with Gasteiger partial charge in [0.2, 0.25) is 0 Å². The van der Waals surface area contributed by atoms with E-state index in [9.17, 15) is 4.21 Å². The zero-order chi connectivity index (χ0) is 9.26. The molecule has 1 fully saturated rings. The molecule has 0 saturated carbocycles. The second kappa shape index (κ2) is 3.43. The third kappa shape index (κ3) is 2.25. The van der Waals surface area contributed by atoms with Gasteiger partial charge >= 0.3 is 0 Å². The van der Waals surface area contributed by atoms with Crippen molar-refractivity contribution in [2.75, 3.05) is 4.72 Å². The smallest absolute Gasteiger partial charge is 0.259 e. The van der Waals surface area contributed by atoms with E-state index in [0.717, 1.165) is 5.56 Å². The largest absolute Gasteiger partial charge is 0.289 e. The van der Waals surface area contributed by atoms with Crippen molar-refractivity contribution < 1.29 is 13.6 Å². The molecule has 0 bridgehead atoms. The summed E-state index contributed by atoms with van der Waals surface area (Å²) in [6.07, 6.45) is -0.0197. The molecule has 6 heteroatoms. The van der Waals surface area contributed by atoms with E-state index in [1.54, 1.807) is 12.1 Å². The first-order chi connectivity index (χ1) is 6.25. The summed E-state index contributed by atoms with van der Waals surface area (Å²) < 4.78 is 21.2. The van der Waals surface area contributed by atoms with E-state index in [-0.39, 0.29) is 6.23 Å². The lowest BCUT2D eigenvalue weighted by Gasteiger charge is -2.00. The lowest BCUT2D eigenvalue weighted by molar-refractivity contribution is 0.374. The van der Waals surface area contributed by atoms with Crippen LogP contribution >= 0.6 is 0 Å². The summed E-state index contributed by atoms with van der Waals surface area (Å²) in [6, 6.07) is 7.07. The van der Waals surface area contributed by atoms with Gasteiger partial charge in [-0.15, -0.1) is 0 Å². The summed E-state index contributed by atoms with van der Waals surface area (Å²) in [5.41, 5.74) is 4.28. The molecule has 1 aromatic rings. The molecule has 1 heterocycles. The van der Waals surface area contributed by atoms with Gasteiger partial charge < -0.3 is 0 Å². The van der Waals surface area contributed by atoms with Gasteiger partial charge in [0.25, 0.3) is 11.3 Å². The number of nitrogens with one attached hydrogen (secondary N) is 2. The molecule has 2 rings (SSSR count). The highest BCUT2D eigenvalue weighted by atomic mass is 32.2. The zero-order valence-electron chi connectivity index (χ0n) is 6.56. The monoisotopic (exact) mass is 200 g/mol. The molecule has 0 amide bonds.